The van der Waals surface area contributed by atoms with Crippen molar-refractivity contribution >= 4 is 0 Å². The molecule has 0 amide bonds. The van der Waals surface area contributed by atoms with Crippen molar-refractivity contribution in [1.29, 1.82) is 0 Å². The Kier molecular flexibility index (Phi) is 0.912. The zero-order chi connectivity index (χ0) is 7.64. The third-order valence-corrected chi connectivity index (χ3v) is 3.19. The van der Waals surface area contributed by atoms with Crippen LogP contribution < -0.4 is 10.6 Å². The molecule has 1 aliphatic carbocycles. The topological polar surface area (TPSA) is 24.1 Å². The van der Waals surface area contributed by atoms with Crippen LogP contribution >= 0.6 is 0 Å². The molecule has 0 aromatic carbocycles. The fraction of sp³-hybridized carbons (Fsp3) is 1.00. The SMILES string of the molecule is FC1(F)C2C3CNCC(N3)C21. The van der Waals surface area contributed by atoms with Gasteiger partial charge in [-0.2, -0.15) is 0 Å². The molecule has 62 valence electrons. The Labute approximate surface area is 63.3 Å². The second kappa shape index (κ2) is 1.59. The van der Waals surface area contributed by atoms with Crippen molar-refractivity contribution in [3.63, 3.8) is 0 Å². The molecule has 11 heavy (non-hydrogen) atoms. The number of alkyl halides is 2. The Hall–Kier alpha value is -0.220. The van der Waals surface area contributed by atoms with Crippen LogP contribution in [-0.2, 0) is 0 Å². The van der Waals surface area contributed by atoms with Crippen LogP contribution in [0.3, 0.4) is 0 Å². The molecule has 4 unspecified atom stereocenters. The quantitative estimate of drug-likeness (QED) is 0.513. The molecule has 2 aliphatic heterocycles. The number of hydrogen-bond acceptors (Lipinski definition) is 2. The summed E-state index contributed by atoms with van der Waals surface area (Å²) in [5.41, 5.74) is 0. The van der Waals surface area contributed by atoms with E-state index in [9.17, 15) is 8.78 Å². The first-order valence-corrected chi connectivity index (χ1v) is 4.06. The highest BCUT2D eigenvalue weighted by Crippen LogP contribution is 2.62. The molecule has 0 aromatic heterocycles. The van der Waals surface area contributed by atoms with Gasteiger partial charge >= 0.3 is 0 Å². The second-order valence-electron chi connectivity index (χ2n) is 3.76. The average Bonchev–Trinajstić information content (AvgIpc) is 2.42. The summed E-state index contributed by atoms with van der Waals surface area (Å²) in [4.78, 5) is 0. The van der Waals surface area contributed by atoms with Crippen molar-refractivity contribution in [2.45, 2.75) is 18.0 Å². The molecule has 1 saturated carbocycles. The van der Waals surface area contributed by atoms with E-state index >= 15 is 0 Å². The first kappa shape index (κ1) is 6.31. The molecule has 4 heteroatoms. The summed E-state index contributed by atoms with van der Waals surface area (Å²) in [6.07, 6.45) is 0. The lowest BCUT2D eigenvalue weighted by Crippen LogP contribution is -2.54. The Morgan fingerprint density at radius 3 is 2.18 bits per heavy atom. The van der Waals surface area contributed by atoms with Gasteiger partial charge in [-0.05, 0) is 0 Å². The van der Waals surface area contributed by atoms with Gasteiger partial charge in [0.2, 0.25) is 0 Å². The Morgan fingerprint density at radius 1 is 1.09 bits per heavy atom. The van der Waals surface area contributed by atoms with E-state index in [1.807, 2.05) is 0 Å². The van der Waals surface area contributed by atoms with Crippen LogP contribution in [0.5, 0.6) is 0 Å². The van der Waals surface area contributed by atoms with E-state index in [-0.39, 0.29) is 23.9 Å². The highest BCUT2D eigenvalue weighted by molar-refractivity contribution is 5.22. The van der Waals surface area contributed by atoms with Crippen molar-refractivity contribution < 1.29 is 8.78 Å². The second-order valence-corrected chi connectivity index (χ2v) is 3.76. The Balaban J connectivity index is 1.92. The van der Waals surface area contributed by atoms with E-state index in [1.165, 1.54) is 0 Å². The van der Waals surface area contributed by atoms with Crippen LogP contribution in [0.4, 0.5) is 8.78 Å². The summed E-state index contributed by atoms with van der Waals surface area (Å²) >= 11 is 0. The van der Waals surface area contributed by atoms with Crippen molar-refractivity contribution in [1.82, 2.24) is 10.6 Å². The van der Waals surface area contributed by atoms with Gasteiger partial charge in [0.1, 0.15) is 0 Å². The predicted octanol–water partition coefficient (Wildman–Crippen LogP) is -0.189. The molecular formula is C7H10F2N2. The average molecular weight is 160 g/mol. The van der Waals surface area contributed by atoms with Crippen molar-refractivity contribution in [2.75, 3.05) is 13.1 Å². The number of piperidine rings is 1. The largest absolute Gasteiger partial charge is 0.314 e. The third kappa shape index (κ3) is 0.586. The van der Waals surface area contributed by atoms with Gasteiger partial charge in [-0.1, -0.05) is 0 Å². The Bertz CT molecular complexity index is 189. The van der Waals surface area contributed by atoms with Gasteiger partial charge in [0.25, 0.3) is 5.92 Å². The van der Waals surface area contributed by atoms with Gasteiger partial charge in [-0.3, -0.25) is 0 Å². The molecule has 0 aromatic rings. The van der Waals surface area contributed by atoms with E-state index in [4.69, 9.17) is 0 Å². The zero-order valence-electron chi connectivity index (χ0n) is 5.98. The lowest BCUT2D eigenvalue weighted by Gasteiger charge is -2.27. The van der Waals surface area contributed by atoms with E-state index in [0.29, 0.717) is 13.1 Å². The molecule has 2 heterocycles. The van der Waals surface area contributed by atoms with Crippen LogP contribution in [0, 0.1) is 11.8 Å². The van der Waals surface area contributed by atoms with E-state index in [2.05, 4.69) is 10.6 Å². The molecule has 0 radical (unpaired) electrons. The fourth-order valence-corrected chi connectivity index (χ4v) is 2.66. The minimum Gasteiger partial charge on any atom is -0.314 e. The number of piperazine rings is 1. The summed E-state index contributed by atoms with van der Waals surface area (Å²) in [5, 5.41) is 6.35. The maximum Gasteiger partial charge on any atom is 0.257 e. The lowest BCUT2D eigenvalue weighted by molar-refractivity contribution is 0.0514. The van der Waals surface area contributed by atoms with Gasteiger partial charge in [-0.25, -0.2) is 8.78 Å². The molecule has 2 N–H and O–H groups in total. The van der Waals surface area contributed by atoms with Crippen molar-refractivity contribution in [2.24, 2.45) is 11.8 Å². The van der Waals surface area contributed by atoms with Crippen LogP contribution in [0.2, 0.25) is 0 Å². The molecular weight excluding hydrogens is 150 g/mol. The monoisotopic (exact) mass is 160 g/mol. The first-order valence-electron chi connectivity index (χ1n) is 4.06. The van der Waals surface area contributed by atoms with E-state index in [1.54, 1.807) is 0 Å². The Morgan fingerprint density at radius 2 is 1.64 bits per heavy atom. The van der Waals surface area contributed by atoms with E-state index < -0.39 is 5.92 Å². The molecule has 2 nitrogen and oxygen atoms in total. The molecule has 3 aliphatic rings. The highest BCUT2D eigenvalue weighted by Gasteiger charge is 2.77. The molecule has 2 saturated heterocycles. The summed E-state index contributed by atoms with van der Waals surface area (Å²) in [6, 6.07) is 0.0718. The summed E-state index contributed by atoms with van der Waals surface area (Å²) in [7, 11) is 0. The van der Waals surface area contributed by atoms with Gasteiger partial charge in [-0.15, -0.1) is 0 Å². The van der Waals surface area contributed by atoms with Crippen LogP contribution in [0.1, 0.15) is 0 Å². The normalized spacial score (nSPS) is 57.3. The number of halogens is 2. The maximum absolute atomic E-state index is 12.9. The van der Waals surface area contributed by atoms with Crippen LogP contribution in [0.25, 0.3) is 0 Å². The van der Waals surface area contributed by atoms with Crippen LogP contribution in [-0.4, -0.2) is 31.1 Å². The highest BCUT2D eigenvalue weighted by atomic mass is 19.3. The zero-order valence-corrected chi connectivity index (χ0v) is 5.98. The number of nitrogens with one attached hydrogen (secondary N) is 2. The molecule has 3 fully saturated rings. The third-order valence-electron chi connectivity index (χ3n) is 3.19. The van der Waals surface area contributed by atoms with Gasteiger partial charge < -0.3 is 10.6 Å². The van der Waals surface area contributed by atoms with Crippen molar-refractivity contribution in [3.8, 4) is 0 Å². The van der Waals surface area contributed by atoms with Gasteiger partial charge in [0.15, 0.2) is 0 Å². The van der Waals surface area contributed by atoms with Crippen LogP contribution in [0.15, 0.2) is 0 Å². The minimum atomic E-state index is -2.34. The summed E-state index contributed by atoms with van der Waals surface area (Å²) < 4.78 is 25.8. The maximum atomic E-state index is 12.9. The molecule has 0 spiro atoms. The lowest BCUT2D eigenvalue weighted by atomic mass is 10.1. The standard InChI is InChI=1S/C7H10F2N2/c8-7(9)5-3-1-10-2-4(11-3)6(5)7/h3-6,10-11H,1-2H2. The molecule has 2 bridgehead atoms. The summed E-state index contributed by atoms with van der Waals surface area (Å²) in [6.45, 7) is 1.43. The number of rotatable bonds is 0. The smallest absolute Gasteiger partial charge is 0.257 e. The predicted molar refractivity (Wildman–Crippen MR) is 35.5 cm³/mol. The van der Waals surface area contributed by atoms with Gasteiger partial charge in [0, 0.05) is 37.0 Å². The van der Waals surface area contributed by atoms with Crippen molar-refractivity contribution in [3.05, 3.63) is 0 Å². The number of hydrogen-bond donors (Lipinski definition) is 2. The number of fused-ring (bicyclic) bond motifs is 5. The summed E-state index contributed by atoms with van der Waals surface area (Å²) in [5.74, 6) is -3.06. The fourth-order valence-electron chi connectivity index (χ4n) is 2.66. The van der Waals surface area contributed by atoms with E-state index in [0.717, 1.165) is 0 Å². The molecule has 4 atom stereocenters. The first-order chi connectivity index (χ1) is 5.21. The van der Waals surface area contributed by atoms with Gasteiger partial charge in [0.05, 0.1) is 0 Å². The minimum absolute atomic E-state index is 0.0359. The molecule has 3 rings (SSSR count).